The summed E-state index contributed by atoms with van der Waals surface area (Å²) in [7, 11) is 0. The molecule has 0 saturated carbocycles. The van der Waals surface area contributed by atoms with Crippen LogP contribution in [0.1, 0.15) is 82.9 Å². The van der Waals surface area contributed by atoms with Gasteiger partial charge in [-0.25, -0.2) is 49.9 Å². The molecule has 8 heterocycles. The molecule has 16 nitrogen and oxygen atoms in total. The monoisotopic (exact) mass is 1290 g/mol. The number of carboxylic acid groups (broad SMARTS) is 1. The number of nitrogen functional groups attached to an aromatic ring is 2. The van der Waals surface area contributed by atoms with Gasteiger partial charge in [0.15, 0.2) is 5.78 Å². The number of piperidine rings is 2. The van der Waals surface area contributed by atoms with E-state index in [0.717, 1.165) is 23.8 Å². The van der Waals surface area contributed by atoms with Crippen molar-refractivity contribution in [2.24, 2.45) is 5.73 Å². The number of likely N-dealkylation sites (tertiary alicyclic amines) is 2. The zero-order chi connectivity index (χ0) is 66.1. The van der Waals surface area contributed by atoms with E-state index in [-0.39, 0.29) is 74.9 Å². The number of pyridine rings is 4. The van der Waals surface area contributed by atoms with Crippen LogP contribution in [0.4, 0.5) is 46.8 Å². The lowest BCUT2D eigenvalue weighted by Gasteiger charge is -2.31. The first-order valence-electron chi connectivity index (χ1n) is 29.0. The van der Waals surface area contributed by atoms with Gasteiger partial charge >= 0.3 is 5.97 Å². The molecule has 6 aromatic heterocycles. The van der Waals surface area contributed by atoms with Crippen molar-refractivity contribution < 1.29 is 68.2 Å². The Morgan fingerprint density at radius 3 is 1.33 bits per heavy atom. The number of allylic oxidation sites excluding steroid dienone is 1. The first-order chi connectivity index (χ1) is 44.5. The lowest BCUT2D eigenvalue weighted by atomic mass is 9.98. The van der Waals surface area contributed by atoms with Gasteiger partial charge < -0.3 is 40.9 Å². The van der Waals surface area contributed by atoms with Crippen molar-refractivity contribution in [3.05, 3.63) is 215 Å². The number of hydrogen-bond acceptors (Lipinski definition) is 13. The van der Waals surface area contributed by atoms with Crippen molar-refractivity contribution in [2.45, 2.75) is 64.3 Å². The number of carbonyl (C=O) groups excluding carboxylic acids is 3. The third-order valence-electron chi connectivity index (χ3n) is 15.3. The van der Waals surface area contributed by atoms with Crippen LogP contribution in [0.3, 0.4) is 0 Å². The van der Waals surface area contributed by atoms with E-state index in [1.54, 1.807) is 97.2 Å². The Kier molecular flexibility index (Phi) is 20.9. The van der Waals surface area contributed by atoms with Crippen molar-refractivity contribution in [1.82, 2.24) is 29.7 Å². The Balaban J connectivity index is 0.000000191. The molecular weight excluding hydrogens is 1230 g/mol. The number of aliphatic carboxylic acids is 1. The number of halogens is 8. The Hall–Kier alpha value is -10.9. The van der Waals surface area contributed by atoms with Crippen molar-refractivity contribution in [3.8, 4) is 44.8 Å². The van der Waals surface area contributed by atoms with Gasteiger partial charge in [-0.15, -0.1) is 0 Å². The molecular formula is C70H61F8N9O7. The number of hydrogen-bond donors (Lipinski definition) is 4. The topological polar surface area (TPSA) is 251 Å². The summed E-state index contributed by atoms with van der Waals surface area (Å²) < 4.78 is 124. The van der Waals surface area contributed by atoms with E-state index in [0.29, 0.717) is 90.5 Å². The third-order valence-corrected chi connectivity index (χ3v) is 15.3. The van der Waals surface area contributed by atoms with E-state index >= 15 is 8.78 Å². The summed E-state index contributed by atoms with van der Waals surface area (Å²) in [5.41, 5.74) is 22.2. The van der Waals surface area contributed by atoms with Crippen molar-refractivity contribution >= 4 is 69.3 Å². The fraction of sp³-hybridized carbons (Fsp3) is 0.200. The highest BCUT2D eigenvalue weighted by Crippen LogP contribution is 2.39. The van der Waals surface area contributed by atoms with Gasteiger partial charge in [-0.2, -0.15) is 0 Å². The number of carbonyl (C=O) groups is 4. The summed E-state index contributed by atoms with van der Waals surface area (Å²) in [5, 5.41) is 9.57. The highest BCUT2D eigenvalue weighted by atomic mass is 19.3. The maximum absolute atomic E-state index is 15.5. The lowest BCUT2D eigenvalue weighted by Crippen LogP contribution is -2.42. The summed E-state index contributed by atoms with van der Waals surface area (Å²) in [4.78, 5) is 67.0. The second-order valence-electron chi connectivity index (χ2n) is 21.9. The summed E-state index contributed by atoms with van der Waals surface area (Å²) >= 11 is 0. The highest BCUT2D eigenvalue weighted by Gasteiger charge is 2.37. The van der Waals surface area contributed by atoms with Gasteiger partial charge in [-0.3, -0.25) is 24.4 Å². The predicted octanol–water partition coefficient (Wildman–Crippen LogP) is 14.7. The minimum atomic E-state index is -2.82. The van der Waals surface area contributed by atoms with Crippen LogP contribution in [0, 0.1) is 23.3 Å². The van der Waals surface area contributed by atoms with Crippen molar-refractivity contribution in [3.63, 3.8) is 0 Å². The molecule has 484 valence electrons. The Labute approximate surface area is 533 Å². The number of benzene rings is 4. The zero-order valence-electron chi connectivity index (χ0n) is 49.3. The molecule has 2 fully saturated rings. The third kappa shape index (κ3) is 16.8. The number of fused-ring (bicyclic) bond motifs is 2. The molecule has 0 bridgehead atoms. The molecule has 12 rings (SSSR count). The largest absolute Gasteiger partial charge is 0.478 e. The summed E-state index contributed by atoms with van der Waals surface area (Å²) in [6.07, 6.45) is 9.88. The Bertz CT molecular complexity index is 4440. The van der Waals surface area contributed by atoms with E-state index in [1.165, 1.54) is 64.8 Å². The fourth-order valence-electron chi connectivity index (χ4n) is 10.3. The van der Waals surface area contributed by atoms with Crippen LogP contribution >= 0.6 is 0 Å². The summed E-state index contributed by atoms with van der Waals surface area (Å²) in [6.45, 7) is -0.290. The van der Waals surface area contributed by atoms with Crippen molar-refractivity contribution in [1.29, 1.82) is 0 Å². The molecule has 2 saturated heterocycles. The van der Waals surface area contributed by atoms with Gasteiger partial charge in [0.1, 0.15) is 69.0 Å². The maximum atomic E-state index is 15.5. The molecule has 7 N–H and O–H groups in total. The van der Waals surface area contributed by atoms with Crippen molar-refractivity contribution in [2.75, 3.05) is 37.6 Å². The van der Waals surface area contributed by atoms with Crippen LogP contribution in [0.15, 0.2) is 167 Å². The Morgan fingerprint density at radius 2 is 0.936 bits per heavy atom. The number of furan rings is 2. The molecule has 94 heavy (non-hydrogen) atoms. The number of carboxylic acids is 1. The summed E-state index contributed by atoms with van der Waals surface area (Å²) in [5.74, 6) is -8.29. The molecule has 0 aliphatic carbocycles. The van der Waals surface area contributed by atoms with Crippen LogP contribution < -0.4 is 17.2 Å². The molecule has 10 aromatic rings. The smallest absolute Gasteiger partial charge is 0.328 e. The van der Waals surface area contributed by atoms with Gasteiger partial charge in [-0.05, 0) is 138 Å². The lowest BCUT2D eigenvalue weighted by molar-refractivity contribution is -0.131. The van der Waals surface area contributed by atoms with Crippen LogP contribution in [0.25, 0.3) is 78.9 Å². The SMILES string of the molecule is C.NCc1cc2cc(-c3ncc(C(=O)N4CCC(F)(F)CC4)cc3F)cc(-c3ccc(F)cc3)c2o1.Nc1ccc(/C=C/C(=O)CCc2cc3cc(-c4ncc(C(=O)N5CCC(F)(F)CC5)cc4F)cc(-c4ccc(F)cc4)c3o2)cn1.Nc1ccc(/C=C/C(=O)O)cn1. The second kappa shape index (κ2) is 29.2. The van der Waals surface area contributed by atoms with Gasteiger partial charge in [0.25, 0.3) is 23.7 Å². The number of amides is 2. The number of aryl methyl sites for hydroxylation is 1. The first kappa shape index (κ1) is 67.5. The fourth-order valence-corrected chi connectivity index (χ4v) is 10.3. The molecule has 0 atom stereocenters. The van der Waals surface area contributed by atoms with E-state index < -0.39 is 78.6 Å². The second-order valence-corrected chi connectivity index (χ2v) is 21.9. The number of rotatable bonds is 14. The molecule has 2 amide bonds. The minimum Gasteiger partial charge on any atom is -0.478 e. The number of aromatic nitrogens is 4. The number of anilines is 2. The molecule has 2 aliphatic heterocycles. The standard InChI is InChI=1S/C35H28F4N4O3.C26H21F4N3O2.C8H8N2O2.CH4/c36-26-5-3-22(4-6-26)29-17-23(32-30(37)18-25(20-42-32)34(45)43-13-11-35(38,39)12-14-43)15-24-16-28(46-33(24)29)9-8-27(44)7-1-21-2-10-31(40)41-19-21;27-19-3-1-15(2-4-19)21-11-16(9-17-10-20(13-31)35-24(17)21)23-22(28)12-18(14-32-23)25(34)33-7-5-26(29,30)6-8-33;9-7-3-1-6(5-10-7)2-4-8(11)12;/h1-7,10,15-20H,8-9,11-14H2,(H2,40,41);1-4,9-12,14H,5-8,13,31H2;1-5H,(H2,9,10)(H,11,12);1H4/b7-1+;;4-2+;. The normalized spacial score (nSPS) is 14.3. The average molecular weight is 1290 g/mol. The predicted molar refractivity (Wildman–Crippen MR) is 341 cm³/mol. The van der Waals surface area contributed by atoms with Crippen LogP contribution in [-0.2, 0) is 22.6 Å². The molecule has 0 unspecified atom stereocenters. The summed E-state index contributed by atoms with van der Waals surface area (Å²) in [6, 6.07) is 30.6. The molecule has 2 aliphatic rings. The molecule has 24 heteroatoms. The van der Waals surface area contributed by atoms with Gasteiger partial charge in [0, 0.05) is 129 Å². The number of alkyl halides is 4. The minimum absolute atomic E-state index is 0. The number of nitrogens with zero attached hydrogens (tertiary/aromatic N) is 6. The molecule has 0 spiro atoms. The van der Waals surface area contributed by atoms with Crippen LogP contribution in [-0.4, -0.2) is 96.4 Å². The van der Waals surface area contributed by atoms with E-state index in [1.807, 2.05) is 0 Å². The van der Waals surface area contributed by atoms with Gasteiger partial charge in [0.05, 0.1) is 17.7 Å². The van der Waals surface area contributed by atoms with E-state index in [4.69, 9.17) is 31.1 Å². The van der Waals surface area contributed by atoms with Crippen LogP contribution in [0.2, 0.25) is 0 Å². The Morgan fingerprint density at radius 1 is 0.521 bits per heavy atom. The molecule has 0 radical (unpaired) electrons. The van der Waals surface area contributed by atoms with Gasteiger partial charge in [-0.1, -0.05) is 31.7 Å². The van der Waals surface area contributed by atoms with Crippen LogP contribution in [0.5, 0.6) is 0 Å². The highest BCUT2D eigenvalue weighted by molar-refractivity contribution is 6.00. The number of ketones is 1. The first-order valence-corrected chi connectivity index (χ1v) is 29.0. The quantitative estimate of drug-likeness (QED) is 0.0584. The van der Waals surface area contributed by atoms with E-state index in [9.17, 15) is 45.5 Å². The van der Waals surface area contributed by atoms with Gasteiger partial charge in [0.2, 0.25) is 0 Å². The molecule has 4 aromatic carbocycles. The maximum Gasteiger partial charge on any atom is 0.328 e. The number of nitrogens with two attached hydrogens (primary N) is 3. The zero-order valence-corrected chi connectivity index (χ0v) is 49.3. The average Bonchev–Trinajstić information content (AvgIpc) is 1.53. The van der Waals surface area contributed by atoms with E-state index in [2.05, 4.69) is 19.9 Å².